The number of likely N-dealkylation sites (tertiary alicyclic amines) is 1. The van der Waals surface area contributed by atoms with Crippen LogP contribution < -0.4 is 24.6 Å². The van der Waals surface area contributed by atoms with Crippen molar-refractivity contribution in [1.82, 2.24) is 24.8 Å². The first kappa shape index (κ1) is 29.3. The Morgan fingerprint density at radius 3 is 2.49 bits per heavy atom. The quantitative estimate of drug-likeness (QED) is 0.264. The third kappa shape index (κ3) is 5.54. The first-order valence-electron chi connectivity index (χ1n) is 13.9. The van der Waals surface area contributed by atoms with Gasteiger partial charge in [0.2, 0.25) is 16.0 Å². The highest BCUT2D eigenvalue weighted by atomic mass is 79.9. The SMILES string of the molecule is CCc1cc(Nc2ncc(Br)c(Nc3ccc4nccnc4c3N(C)S(C)(=O)=O)n2)c(OC)cc1N1CC2(CN(C)C2)C1. The van der Waals surface area contributed by atoms with Crippen LogP contribution in [-0.4, -0.2) is 86.9 Å². The molecule has 2 aromatic heterocycles. The van der Waals surface area contributed by atoms with Crippen LogP contribution in [0.3, 0.4) is 0 Å². The first-order chi connectivity index (χ1) is 20.5. The van der Waals surface area contributed by atoms with E-state index in [9.17, 15) is 8.42 Å². The third-order valence-electron chi connectivity index (χ3n) is 8.06. The molecule has 0 aliphatic carbocycles. The number of nitrogens with zero attached hydrogens (tertiary/aromatic N) is 7. The number of benzene rings is 2. The van der Waals surface area contributed by atoms with E-state index in [0.29, 0.717) is 49.8 Å². The molecule has 4 aromatic rings. The molecule has 2 aliphatic heterocycles. The van der Waals surface area contributed by atoms with Gasteiger partial charge in [0.05, 0.1) is 34.7 Å². The number of ether oxygens (including phenoxy) is 1. The molecule has 2 aliphatic rings. The highest BCUT2D eigenvalue weighted by Gasteiger charge is 2.50. The van der Waals surface area contributed by atoms with Crippen molar-refractivity contribution in [3.05, 3.63) is 52.9 Å². The lowest BCUT2D eigenvalue weighted by Crippen LogP contribution is -2.71. The minimum absolute atomic E-state index is 0.345. The number of halogens is 1. The summed E-state index contributed by atoms with van der Waals surface area (Å²) in [6.07, 6.45) is 6.74. The molecule has 0 bridgehead atoms. The maximum atomic E-state index is 12.6. The number of methoxy groups -OCH3 is 1. The van der Waals surface area contributed by atoms with E-state index in [0.717, 1.165) is 44.5 Å². The molecule has 0 amide bonds. The first-order valence-corrected chi connectivity index (χ1v) is 16.5. The number of anilines is 6. The summed E-state index contributed by atoms with van der Waals surface area (Å²) in [6, 6.07) is 7.73. The number of rotatable bonds is 9. The Bertz CT molecular complexity index is 1810. The van der Waals surface area contributed by atoms with Crippen LogP contribution in [0.2, 0.25) is 0 Å². The van der Waals surface area contributed by atoms with E-state index in [1.165, 1.54) is 28.8 Å². The van der Waals surface area contributed by atoms with Gasteiger partial charge in [-0.3, -0.25) is 14.3 Å². The standard InChI is InChI=1S/C29H34BrN9O3S/c1-6-18-11-22(24(42-4)12-23(18)39-16-29(17-39)14-37(2)15-29)35-28-33-13-19(30)27(36-28)34-21-8-7-20-25(32-10-9-31-20)26(21)38(3)43(5,40)41/h7-13H,6,14-17H2,1-5H3,(H2,33,34,35,36). The van der Waals surface area contributed by atoms with E-state index in [4.69, 9.17) is 9.72 Å². The molecule has 2 saturated heterocycles. The summed E-state index contributed by atoms with van der Waals surface area (Å²) in [5, 5.41) is 6.60. The number of aryl methyl sites for hydroxylation is 1. The van der Waals surface area contributed by atoms with E-state index in [1.807, 2.05) is 0 Å². The van der Waals surface area contributed by atoms with E-state index in [-0.39, 0.29) is 0 Å². The van der Waals surface area contributed by atoms with E-state index < -0.39 is 10.0 Å². The summed E-state index contributed by atoms with van der Waals surface area (Å²) in [5.41, 5.74) is 5.46. The van der Waals surface area contributed by atoms with Gasteiger partial charge in [-0.05, 0) is 53.2 Å². The van der Waals surface area contributed by atoms with Crippen molar-refractivity contribution < 1.29 is 13.2 Å². The molecule has 43 heavy (non-hydrogen) atoms. The van der Waals surface area contributed by atoms with Crippen LogP contribution in [0, 0.1) is 5.41 Å². The highest BCUT2D eigenvalue weighted by Crippen LogP contribution is 2.45. The molecule has 6 rings (SSSR count). The molecule has 2 fully saturated rings. The zero-order valence-corrected chi connectivity index (χ0v) is 27.1. The number of hydrogen-bond donors (Lipinski definition) is 2. The summed E-state index contributed by atoms with van der Waals surface area (Å²) in [6.45, 7) is 6.57. The molecule has 4 heterocycles. The average Bonchev–Trinajstić information content (AvgIpc) is 2.94. The Labute approximate surface area is 259 Å². The topological polar surface area (TPSA) is 129 Å². The molecule has 0 saturated carbocycles. The number of fused-ring (bicyclic) bond motifs is 1. The van der Waals surface area contributed by atoms with Crippen LogP contribution in [-0.2, 0) is 16.4 Å². The van der Waals surface area contributed by atoms with Crippen LogP contribution in [0.1, 0.15) is 12.5 Å². The fraction of sp³-hybridized carbons (Fsp3) is 0.379. The second kappa shape index (κ2) is 11.1. The molecule has 14 heteroatoms. The lowest BCUT2D eigenvalue weighted by Gasteiger charge is -2.60. The normalized spacial score (nSPS) is 16.1. The van der Waals surface area contributed by atoms with Crippen molar-refractivity contribution >= 4 is 71.5 Å². The molecular formula is C29H34BrN9O3S. The Balaban J connectivity index is 1.30. The van der Waals surface area contributed by atoms with Crippen LogP contribution in [0.25, 0.3) is 11.0 Å². The third-order valence-corrected chi connectivity index (χ3v) is 9.81. The maximum absolute atomic E-state index is 12.6. The molecule has 0 unspecified atom stereocenters. The Kier molecular flexibility index (Phi) is 7.55. The van der Waals surface area contributed by atoms with Gasteiger partial charge in [0.1, 0.15) is 22.8 Å². The molecule has 2 N–H and O–H groups in total. The minimum atomic E-state index is -3.60. The van der Waals surface area contributed by atoms with Gasteiger partial charge >= 0.3 is 0 Å². The molecule has 2 aromatic carbocycles. The van der Waals surface area contributed by atoms with Crippen molar-refractivity contribution in [2.24, 2.45) is 5.41 Å². The average molecular weight is 669 g/mol. The van der Waals surface area contributed by atoms with Crippen LogP contribution in [0.4, 0.5) is 34.5 Å². The molecule has 1 spiro atoms. The van der Waals surface area contributed by atoms with E-state index >= 15 is 0 Å². The second-order valence-electron chi connectivity index (χ2n) is 11.3. The van der Waals surface area contributed by atoms with Gasteiger partial charge in [-0.2, -0.15) is 4.98 Å². The van der Waals surface area contributed by atoms with E-state index in [1.54, 1.807) is 31.6 Å². The van der Waals surface area contributed by atoms with Gasteiger partial charge in [0.15, 0.2) is 0 Å². The van der Waals surface area contributed by atoms with Crippen molar-refractivity contribution in [3.8, 4) is 5.75 Å². The largest absolute Gasteiger partial charge is 0.494 e. The van der Waals surface area contributed by atoms with Gasteiger partial charge in [0, 0.05) is 69.0 Å². The smallest absolute Gasteiger partial charge is 0.232 e. The number of nitrogens with one attached hydrogen (secondary N) is 2. The van der Waals surface area contributed by atoms with Gasteiger partial charge < -0.3 is 25.2 Å². The lowest BCUT2D eigenvalue weighted by molar-refractivity contribution is -0.00247. The predicted molar refractivity (Wildman–Crippen MR) is 174 cm³/mol. The molecule has 226 valence electrons. The lowest BCUT2D eigenvalue weighted by atomic mass is 9.73. The van der Waals surface area contributed by atoms with Gasteiger partial charge in [-0.1, -0.05) is 6.92 Å². The Morgan fingerprint density at radius 1 is 1.07 bits per heavy atom. The minimum Gasteiger partial charge on any atom is -0.494 e. The Hall–Kier alpha value is -3.75. The zero-order valence-electron chi connectivity index (χ0n) is 24.7. The maximum Gasteiger partial charge on any atom is 0.232 e. The number of hydrogen-bond acceptors (Lipinski definition) is 11. The summed E-state index contributed by atoms with van der Waals surface area (Å²) < 4.78 is 32.7. The van der Waals surface area contributed by atoms with Crippen molar-refractivity contribution in [1.29, 1.82) is 0 Å². The van der Waals surface area contributed by atoms with Crippen molar-refractivity contribution in [3.63, 3.8) is 0 Å². The molecule has 0 radical (unpaired) electrons. The van der Waals surface area contributed by atoms with Crippen molar-refractivity contribution in [2.75, 3.05) is 73.5 Å². The monoisotopic (exact) mass is 667 g/mol. The van der Waals surface area contributed by atoms with Gasteiger partial charge in [0.25, 0.3) is 0 Å². The Morgan fingerprint density at radius 2 is 1.81 bits per heavy atom. The predicted octanol–water partition coefficient (Wildman–Crippen LogP) is 4.39. The van der Waals surface area contributed by atoms with Crippen molar-refractivity contribution in [2.45, 2.75) is 13.3 Å². The zero-order chi connectivity index (χ0) is 30.5. The number of aromatic nitrogens is 4. The fourth-order valence-corrected chi connectivity index (χ4v) is 6.87. The summed E-state index contributed by atoms with van der Waals surface area (Å²) in [7, 11) is 1.71. The fourth-order valence-electron chi connectivity index (χ4n) is 6.06. The van der Waals surface area contributed by atoms with Crippen LogP contribution >= 0.6 is 15.9 Å². The van der Waals surface area contributed by atoms with Gasteiger partial charge in [-0.25, -0.2) is 13.4 Å². The van der Waals surface area contributed by atoms with E-state index in [2.05, 4.69) is 77.4 Å². The molecular weight excluding hydrogens is 634 g/mol. The summed E-state index contributed by atoms with van der Waals surface area (Å²) in [4.78, 5) is 22.7. The number of sulfonamides is 1. The highest BCUT2D eigenvalue weighted by molar-refractivity contribution is 9.10. The molecule has 12 nitrogen and oxygen atoms in total. The van der Waals surface area contributed by atoms with Gasteiger partial charge in [-0.15, -0.1) is 0 Å². The second-order valence-corrected chi connectivity index (χ2v) is 14.2. The van der Waals surface area contributed by atoms with Crippen LogP contribution in [0.15, 0.2) is 47.3 Å². The summed E-state index contributed by atoms with van der Waals surface area (Å²) in [5.74, 6) is 1.48. The molecule has 0 atom stereocenters. The van der Waals surface area contributed by atoms with Crippen LogP contribution in [0.5, 0.6) is 5.75 Å². The summed E-state index contributed by atoms with van der Waals surface area (Å²) >= 11 is 3.53.